The lowest BCUT2D eigenvalue weighted by atomic mass is 10.1. The standard InChI is InChI=1S/C23H19N3OS2/c1-27-19-9-7-18(8-10-19)25-21-20(17-5-3-2-4-6-17)22(28)26(23(21)29)15-16-11-13-24-14-12-16/h2-14,25H,15H2,1H3. The SMILES string of the molecule is COc1ccc(NC2=C(c3ccccc3)C(=S)N(Cc3ccncc3)C2=S)cc1. The van der Waals surface area contributed by atoms with Gasteiger partial charge in [-0.1, -0.05) is 54.8 Å². The molecule has 4 rings (SSSR count). The largest absolute Gasteiger partial charge is 0.497 e. The third-order valence-corrected chi connectivity index (χ3v) is 5.53. The summed E-state index contributed by atoms with van der Waals surface area (Å²) >= 11 is 11.7. The maximum absolute atomic E-state index is 5.86. The lowest BCUT2D eigenvalue weighted by Gasteiger charge is -2.20. The number of anilines is 1. The second kappa shape index (κ2) is 8.51. The molecule has 0 atom stereocenters. The van der Waals surface area contributed by atoms with Crippen LogP contribution in [0.25, 0.3) is 5.57 Å². The van der Waals surface area contributed by atoms with E-state index in [9.17, 15) is 0 Å². The predicted octanol–water partition coefficient (Wildman–Crippen LogP) is 5.08. The van der Waals surface area contributed by atoms with Gasteiger partial charge in [-0.2, -0.15) is 0 Å². The number of aromatic nitrogens is 1. The zero-order chi connectivity index (χ0) is 20.2. The topological polar surface area (TPSA) is 37.4 Å². The first kappa shape index (κ1) is 19.2. The summed E-state index contributed by atoms with van der Waals surface area (Å²) in [5.41, 5.74) is 4.84. The van der Waals surface area contributed by atoms with Gasteiger partial charge in [-0.25, -0.2) is 0 Å². The van der Waals surface area contributed by atoms with Gasteiger partial charge in [0.2, 0.25) is 0 Å². The van der Waals surface area contributed by atoms with Crippen molar-refractivity contribution in [3.8, 4) is 5.75 Å². The zero-order valence-corrected chi connectivity index (χ0v) is 17.5. The van der Waals surface area contributed by atoms with E-state index >= 15 is 0 Å². The number of hydrogen-bond acceptors (Lipinski definition) is 5. The first-order chi connectivity index (χ1) is 14.2. The van der Waals surface area contributed by atoms with Gasteiger partial charge < -0.3 is 15.0 Å². The molecule has 2 heterocycles. The van der Waals surface area contributed by atoms with Crippen LogP contribution in [0.4, 0.5) is 5.69 Å². The van der Waals surface area contributed by atoms with Crippen LogP contribution < -0.4 is 10.1 Å². The Labute approximate surface area is 180 Å². The Kier molecular flexibility index (Phi) is 5.64. The summed E-state index contributed by atoms with van der Waals surface area (Å²) < 4.78 is 5.25. The summed E-state index contributed by atoms with van der Waals surface area (Å²) in [6, 6.07) is 21.8. The van der Waals surface area contributed by atoms with Crippen LogP contribution in [-0.4, -0.2) is 27.0 Å². The Bertz CT molecular complexity index is 1060. The molecule has 2 aromatic carbocycles. The highest BCUT2D eigenvalue weighted by Gasteiger charge is 2.33. The highest BCUT2D eigenvalue weighted by Crippen LogP contribution is 2.33. The van der Waals surface area contributed by atoms with Crippen LogP contribution in [0.1, 0.15) is 11.1 Å². The van der Waals surface area contributed by atoms with Gasteiger partial charge in [-0.05, 0) is 47.5 Å². The smallest absolute Gasteiger partial charge is 0.131 e. The Morgan fingerprint density at radius 1 is 0.897 bits per heavy atom. The second-order valence-electron chi connectivity index (χ2n) is 6.52. The Morgan fingerprint density at radius 2 is 1.59 bits per heavy atom. The molecule has 0 saturated carbocycles. The lowest BCUT2D eigenvalue weighted by Crippen LogP contribution is -2.29. The van der Waals surface area contributed by atoms with Gasteiger partial charge in [0.15, 0.2) is 0 Å². The van der Waals surface area contributed by atoms with Crippen molar-refractivity contribution in [2.45, 2.75) is 6.54 Å². The van der Waals surface area contributed by atoms with Crippen LogP contribution in [0.3, 0.4) is 0 Å². The highest BCUT2D eigenvalue weighted by molar-refractivity contribution is 7.83. The normalized spacial score (nSPS) is 13.8. The van der Waals surface area contributed by atoms with E-state index in [1.165, 1.54) is 0 Å². The van der Waals surface area contributed by atoms with Crippen molar-refractivity contribution in [1.82, 2.24) is 9.88 Å². The van der Waals surface area contributed by atoms with E-state index in [1.807, 2.05) is 59.5 Å². The summed E-state index contributed by atoms with van der Waals surface area (Å²) in [6.45, 7) is 0.602. The number of hydrogen-bond donors (Lipinski definition) is 1. The minimum absolute atomic E-state index is 0.602. The van der Waals surface area contributed by atoms with Crippen LogP contribution in [0.2, 0.25) is 0 Å². The number of nitrogens with zero attached hydrogens (tertiary/aromatic N) is 2. The van der Waals surface area contributed by atoms with Gasteiger partial charge in [0.1, 0.15) is 15.7 Å². The Balaban J connectivity index is 1.71. The minimum Gasteiger partial charge on any atom is -0.497 e. The van der Waals surface area contributed by atoms with E-state index in [4.69, 9.17) is 29.2 Å². The molecule has 0 spiro atoms. The maximum Gasteiger partial charge on any atom is 0.131 e. The van der Waals surface area contributed by atoms with Crippen molar-refractivity contribution in [3.05, 3.63) is 95.9 Å². The number of methoxy groups -OCH3 is 1. The molecule has 0 aliphatic carbocycles. The van der Waals surface area contributed by atoms with Gasteiger partial charge in [-0.15, -0.1) is 0 Å². The van der Waals surface area contributed by atoms with Crippen molar-refractivity contribution in [3.63, 3.8) is 0 Å². The van der Waals surface area contributed by atoms with Crippen molar-refractivity contribution < 1.29 is 4.74 Å². The zero-order valence-electron chi connectivity index (χ0n) is 15.8. The number of ether oxygens (including phenoxy) is 1. The number of rotatable bonds is 6. The molecular weight excluding hydrogens is 398 g/mol. The fourth-order valence-corrected chi connectivity index (χ4v) is 3.94. The van der Waals surface area contributed by atoms with E-state index in [-0.39, 0.29) is 0 Å². The van der Waals surface area contributed by atoms with Crippen LogP contribution in [0.15, 0.2) is 84.8 Å². The van der Waals surface area contributed by atoms with Crippen molar-refractivity contribution in [2.75, 3.05) is 12.4 Å². The quantitative estimate of drug-likeness (QED) is 0.564. The first-order valence-corrected chi connectivity index (χ1v) is 9.95. The molecule has 1 N–H and O–H groups in total. The molecule has 144 valence electrons. The molecule has 1 aromatic heterocycles. The first-order valence-electron chi connectivity index (χ1n) is 9.13. The van der Waals surface area contributed by atoms with Crippen molar-refractivity contribution >= 4 is 45.7 Å². The van der Waals surface area contributed by atoms with Crippen LogP contribution in [0, 0.1) is 0 Å². The lowest BCUT2D eigenvalue weighted by molar-refractivity contribution is 0.415. The van der Waals surface area contributed by atoms with E-state index in [0.717, 1.165) is 33.8 Å². The maximum atomic E-state index is 5.86. The predicted molar refractivity (Wildman–Crippen MR) is 125 cm³/mol. The number of nitrogens with one attached hydrogen (secondary N) is 1. The fourth-order valence-electron chi connectivity index (χ4n) is 3.20. The highest BCUT2D eigenvalue weighted by atomic mass is 32.1. The monoisotopic (exact) mass is 417 g/mol. The average Bonchev–Trinajstić information content (AvgIpc) is 3.00. The Hall–Kier alpha value is -3.09. The second-order valence-corrected chi connectivity index (χ2v) is 7.29. The van der Waals surface area contributed by atoms with Crippen LogP contribution >= 0.6 is 24.4 Å². The van der Waals surface area contributed by atoms with Crippen molar-refractivity contribution in [2.24, 2.45) is 0 Å². The molecule has 0 unspecified atom stereocenters. The van der Waals surface area contributed by atoms with E-state index in [1.54, 1.807) is 19.5 Å². The molecule has 1 aliphatic rings. The number of pyridine rings is 1. The molecule has 0 fully saturated rings. The fraction of sp³-hybridized carbons (Fsp3) is 0.0870. The molecule has 1 aliphatic heterocycles. The molecule has 0 saturated heterocycles. The van der Waals surface area contributed by atoms with Gasteiger partial charge in [-0.3, -0.25) is 4.98 Å². The average molecular weight is 418 g/mol. The molecular formula is C23H19N3OS2. The summed E-state index contributed by atoms with van der Waals surface area (Å²) in [5.74, 6) is 0.802. The van der Waals surface area contributed by atoms with Crippen molar-refractivity contribution in [1.29, 1.82) is 0 Å². The molecule has 0 amide bonds. The molecule has 3 aromatic rings. The van der Waals surface area contributed by atoms with Gasteiger partial charge in [0, 0.05) is 30.2 Å². The molecule has 0 radical (unpaired) electrons. The summed E-state index contributed by atoms with van der Waals surface area (Å²) in [4.78, 5) is 7.48. The van der Waals surface area contributed by atoms with E-state index in [2.05, 4.69) is 22.4 Å². The van der Waals surface area contributed by atoms with E-state index < -0.39 is 0 Å². The number of thiocarbonyl (C=S) groups is 2. The summed E-state index contributed by atoms with van der Waals surface area (Å²) in [6.07, 6.45) is 3.55. The third-order valence-electron chi connectivity index (χ3n) is 4.68. The van der Waals surface area contributed by atoms with Crippen LogP contribution in [0.5, 0.6) is 5.75 Å². The minimum atomic E-state index is 0.602. The van der Waals surface area contributed by atoms with Gasteiger partial charge in [0.05, 0.1) is 12.8 Å². The summed E-state index contributed by atoms with van der Waals surface area (Å²) in [5, 5.41) is 3.48. The van der Waals surface area contributed by atoms with Crippen LogP contribution in [-0.2, 0) is 6.54 Å². The third kappa shape index (κ3) is 4.04. The van der Waals surface area contributed by atoms with Gasteiger partial charge in [0.25, 0.3) is 0 Å². The Morgan fingerprint density at radius 3 is 2.24 bits per heavy atom. The number of benzene rings is 2. The molecule has 4 nitrogen and oxygen atoms in total. The molecule has 29 heavy (non-hydrogen) atoms. The van der Waals surface area contributed by atoms with E-state index in [0.29, 0.717) is 16.5 Å². The van der Waals surface area contributed by atoms with Gasteiger partial charge >= 0.3 is 0 Å². The summed E-state index contributed by atoms with van der Waals surface area (Å²) in [7, 11) is 1.65. The molecule has 0 bridgehead atoms. The molecule has 6 heteroatoms.